The van der Waals surface area contributed by atoms with Crippen molar-refractivity contribution in [3.63, 3.8) is 0 Å². The van der Waals surface area contributed by atoms with Crippen molar-refractivity contribution >= 4 is 27.7 Å². The Kier molecular flexibility index (Phi) is 5.14. The quantitative estimate of drug-likeness (QED) is 0.496. The maximum atomic E-state index is 12.9. The monoisotopic (exact) mass is 390 g/mol. The van der Waals surface area contributed by atoms with Gasteiger partial charge >= 0.3 is 0 Å². The highest BCUT2D eigenvalue weighted by atomic mass is 16.5. The van der Waals surface area contributed by atoms with Gasteiger partial charge in [0, 0.05) is 30.8 Å². The van der Waals surface area contributed by atoms with Crippen LogP contribution in [0.1, 0.15) is 22.8 Å². The van der Waals surface area contributed by atoms with Crippen LogP contribution >= 0.6 is 0 Å². The van der Waals surface area contributed by atoms with Gasteiger partial charge < -0.3 is 10.1 Å². The van der Waals surface area contributed by atoms with Gasteiger partial charge in [-0.15, -0.1) is 0 Å². The first-order chi connectivity index (χ1) is 14.1. The molecule has 0 aliphatic rings. The molecule has 4 rings (SSSR count). The van der Waals surface area contributed by atoms with Crippen molar-refractivity contribution in [2.24, 2.45) is 0 Å². The number of fused-ring (bicyclic) bond motifs is 3. The van der Waals surface area contributed by atoms with Crippen LogP contribution in [0.4, 0.5) is 0 Å². The first kappa shape index (κ1) is 18.9. The summed E-state index contributed by atoms with van der Waals surface area (Å²) in [5, 5.41) is 7.20. The molecule has 0 spiro atoms. The van der Waals surface area contributed by atoms with E-state index in [-0.39, 0.29) is 11.5 Å². The van der Waals surface area contributed by atoms with Crippen LogP contribution in [-0.4, -0.2) is 40.9 Å². The number of aromatic amines is 1. The SMILES string of the molecule is CCc1ccc(-n2[nH]c3c(cnc4ccc(C(=O)NCCOC)cc43)c2=O)cc1. The Morgan fingerprint density at radius 2 is 1.97 bits per heavy atom. The summed E-state index contributed by atoms with van der Waals surface area (Å²) >= 11 is 0. The Labute approximate surface area is 167 Å². The maximum absolute atomic E-state index is 12.9. The molecule has 1 amide bonds. The molecule has 2 aromatic heterocycles. The minimum absolute atomic E-state index is 0.173. The van der Waals surface area contributed by atoms with Gasteiger partial charge in [0.2, 0.25) is 0 Å². The number of rotatable bonds is 6. The number of H-pyrrole nitrogens is 1. The molecule has 2 aromatic carbocycles. The van der Waals surface area contributed by atoms with E-state index in [1.807, 2.05) is 24.3 Å². The summed E-state index contributed by atoms with van der Waals surface area (Å²) in [6.07, 6.45) is 2.51. The van der Waals surface area contributed by atoms with E-state index >= 15 is 0 Å². The minimum Gasteiger partial charge on any atom is -0.383 e. The summed E-state index contributed by atoms with van der Waals surface area (Å²) in [5.74, 6) is -0.196. The number of nitrogens with one attached hydrogen (secondary N) is 2. The molecule has 2 N–H and O–H groups in total. The van der Waals surface area contributed by atoms with E-state index in [0.717, 1.165) is 17.5 Å². The van der Waals surface area contributed by atoms with Crippen molar-refractivity contribution in [3.8, 4) is 5.69 Å². The fourth-order valence-electron chi connectivity index (χ4n) is 3.33. The Morgan fingerprint density at radius 1 is 1.17 bits per heavy atom. The van der Waals surface area contributed by atoms with Crippen molar-refractivity contribution in [1.29, 1.82) is 0 Å². The van der Waals surface area contributed by atoms with E-state index in [2.05, 4.69) is 22.3 Å². The van der Waals surface area contributed by atoms with Gasteiger partial charge in [0.25, 0.3) is 11.5 Å². The first-order valence-electron chi connectivity index (χ1n) is 9.52. The van der Waals surface area contributed by atoms with Gasteiger partial charge in [-0.1, -0.05) is 19.1 Å². The summed E-state index contributed by atoms with van der Waals surface area (Å²) in [6, 6.07) is 13.1. The zero-order chi connectivity index (χ0) is 20.4. The lowest BCUT2D eigenvalue weighted by atomic mass is 10.1. The van der Waals surface area contributed by atoms with E-state index < -0.39 is 0 Å². The van der Waals surface area contributed by atoms with E-state index in [1.54, 1.807) is 31.5 Å². The molecule has 4 aromatic rings. The smallest absolute Gasteiger partial charge is 0.280 e. The molecule has 0 radical (unpaired) electrons. The van der Waals surface area contributed by atoms with E-state index in [1.165, 1.54) is 10.2 Å². The zero-order valence-electron chi connectivity index (χ0n) is 16.4. The van der Waals surface area contributed by atoms with Crippen molar-refractivity contribution in [3.05, 3.63) is 70.1 Å². The Balaban J connectivity index is 1.80. The number of hydrogen-bond donors (Lipinski definition) is 2. The highest BCUT2D eigenvalue weighted by Crippen LogP contribution is 2.22. The third-order valence-electron chi connectivity index (χ3n) is 4.98. The first-order valence-corrected chi connectivity index (χ1v) is 9.52. The lowest BCUT2D eigenvalue weighted by molar-refractivity contribution is 0.0937. The molecular weight excluding hydrogens is 368 g/mol. The number of hydrogen-bond acceptors (Lipinski definition) is 4. The summed E-state index contributed by atoms with van der Waals surface area (Å²) in [6.45, 7) is 2.96. The number of benzene rings is 2. The normalized spacial score (nSPS) is 11.2. The summed E-state index contributed by atoms with van der Waals surface area (Å²) < 4.78 is 6.47. The molecule has 0 aliphatic heterocycles. The average molecular weight is 390 g/mol. The van der Waals surface area contributed by atoms with E-state index in [4.69, 9.17) is 4.74 Å². The second-order valence-corrected chi connectivity index (χ2v) is 6.80. The van der Waals surface area contributed by atoms with Crippen LogP contribution in [0.2, 0.25) is 0 Å². The Morgan fingerprint density at radius 3 is 2.69 bits per heavy atom. The molecule has 7 heteroatoms. The van der Waals surface area contributed by atoms with Gasteiger partial charge in [0.1, 0.15) is 0 Å². The molecular formula is C22H22N4O3. The lowest BCUT2D eigenvalue weighted by Gasteiger charge is -2.06. The average Bonchev–Trinajstić information content (AvgIpc) is 3.10. The summed E-state index contributed by atoms with van der Waals surface area (Å²) in [4.78, 5) is 29.7. The molecule has 2 heterocycles. The number of pyridine rings is 1. The number of nitrogens with zero attached hydrogens (tertiary/aromatic N) is 2. The van der Waals surface area contributed by atoms with Gasteiger partial charge in [0.05, 0.1) is 28.7 Å². The number of carbonyl (C=O) groups excluding carboxylic acids is 1. The molecule has 148 valence electrons. The number of carbonyl (C=O) groups is 1. The second-order valence-electron chi connectivity index (χ2n) is 6.80. The molecule has 7 nitrogen and oxygen atoms in total. The van der Waals surface area contributed by atoms with Crippen LogP contribution in [0, 0.1) is 0 Å². The van der Waals surface area contributed by atoms with Crippen LogP contribution in [0.3, 0.4) is 0 Å². The second kappa shape index (κ2) is 7.89. The summed E-state index contributed by atoms with van der Waals surface area (Å²) in [7, 11) is 1.58. The number of ether oxygens (including phenoxy) is 1. The number of aromatic nitrogens is 3. The van der Waals surface area contributed by atoms with Crippen LogP contribution in [0.15, 0.2) is 53.5 Å². The van der Waals surface area contributed by atoms with Gasteiger partial charge in [-0.3, -0.25) is 19.7 Å². The van der Waals surface area contributed by atoms with Gasteiger partial charge in [0.15, 0.2) is 0 Å². The van der Waals surface area contributed by atoms with Crippen molar-refractivity contribution < 1.29 is 9.53 Å². The van der Waals surface area contributed by atoms with Gasteiger partial charge in [-0.05, 0) is 42.3 Å². The van der Waals surface area contributed by atoms with Gasteiger partial charge in [-0.2, -0.15) is 0 Å². The maximum Gasteiger partial charge on any atom is 0.280 e. The number of amides is 1. The van der Waals surface area contributed by atoms with E-state index in [9.17, 15) is 9.59 Å². The predicted molar refractivity (Wildman–Crippen MR) is 113 cm³/mol. The predicted octanol–water partition coefficient (Wildman–Crippen LogP) is 2.81. The number of methoxy groups -OCH3 is 1. The third-order valence-corrected chi connectivity index (χ3v) is 4.98. The molecule has 0 aliphatic carbocycles. The molecule has 29 heavy (non-hydrogen) atoms. The van der Waals surface area contributed by atoms with Crippen LogP contribution in [0.25, 0.3) is 27.5 Å². The Hall–Kier alpha value is -3.45. The van der Waals surface area contributed by atoms with Crippen molar-refractivity contribution in [2.75, 3.05) is 20.3 Å². The van der Waals surface area contributed by atoms with Gasteiger partial charge in [-0.25, -0.2) is 4.68 Å². The molecule has 0 saturated heterocycles. The van der Waals surface area contributed by atoms with Crippen molar-refractivity contribution in [2.45, 2.75) is 13.3 Å². The largest absolute Gasteiger partial charge is 0.383 e. The van der Waals surface area contributed by atoms with Crippen LogP contribution in [0.5, 0.6) is 0 Å². The third kappa shape index (κ3) is 3.52. The molecule has 0 fully saturated rings. The zero-order valence-corrected chi connectivity index (χ0v) is 16.4. The summed E-state index contributed by atoms with van der Waals surface area (Å²) in [5.41, 5.74) is 3.66. The highest BCUT2D eigenvalue weighted by molar-refractivity contribution is 6.06. The topological polar surface area (TPSA) is 89.0 Å². The lowest BCUT2D eigenvalue weighted by Crippen LogP contribution is -2.26. The molecule has 0 saturated carbocycles. The van der Waals surface area contributed by atoms with Crippen LogP contribution < -0.4 is 10.9 Å². The van der Waals surface area contributed by atoms with Crippen molar-refractivity contribution in [1.82, 2.24) is 20.1 Å². The van der Waals surface area contributed by atoms with Crippen LogP contribution in [-0.2, 0) is 11.2 Å². The highest BCUT2D eigenvalue weighted by Gasteiger charge is 2.14. The standard InChI is InChI=1S/C22H22N4O3/c1-3-14-4-7-16(8-5-14)26-22(28)18-13-24-19-9-6-15(12-17(19)20(18)25-26)21(27)23-10-11-29-2/h4-9,12-13,25H,3,10-11H2,1-2H3,(H,23,27). The molecule has 0 unspecified atom stereocenters. The molecule has 0 atom stereocenters. The van der Waals surface area contributed by atoms with E-state index in [0.29, 0.717) is 35.1 Å². The fourth-order valence-corrected chi connectivity index (χ4v) is 3.33. The Bertz CT molecular complexity index is 1240. The fraction of sp³-hybridized carbons (Fsp3) is 0.227. The number of aryl methyl sites for hydroxylation is 1. The minimum atomic E-state index is -0.196. The molecule has 0 bridgehead atoms.